The van der Waals surface area contributed by atoms with Gasteiger partial charge >= 0.3 is 0 Å². The number of nitrogens with zero attached hydrogens (tertiary/aromatic N) is 5. The Morgan fingerprint density at radius 3 is 2.51 bits per heavy atom. The number of anilines is 1. The van der Waals surface area contributed by atoms with Gasteiger partial charge in [0.25, 0.3) is 17.4 Å². The maximum absolute atomic E-state index is 14.0. The number of rotatable bonds is 4. The van der Waals surface area contributed by atoms with Gasteiger partial charge in [-0.05, 0) is 60.9 Å². The van der Waals surface area contributed by atoms with Gasteiger partial charge in [0, 0.05) is 47.7 Å². The number of primary amides is 1. The molecule has 2 amide bonds. The molecule has 1 spiro atoms. The zero-order valence-electron chi connectivity index (χ0n) is 19.8. The van der Waals surface area contributed by atoms with E-state index in [0.29, 0.717) is 41.5 Å². The van der Waals surface area contributed by atoms with E-state index in [0.717, 1.165) is 30.6 Å². The molecule has 2 N–H and O–H groups in total. The van der Waals surface area contributed by atoms with Crippen LogP contribution < -0.4 is 20.9 Å². The van der Waals surface area contributed by atoms with E-state index in [1.807, 2.05) is 30.3 Å². The van der Waals surface area contributed by atoms with Crippen LogP contribution in [0.3, 0.4) is 0 Å². The molecule has 3 aliphatic rings. The molecule has 1 saturated carbocycles. The van der Waals surface area contributed by atoms with Crippen LogP contribution in [-0.4, -0.2) is 44.3 Å². The second kappa shape index (κ2) is 7.63. The van der Waals surface area contributed by atoms with Crippen LogP contribution in [0.1, 0.15) is 44.9 Å². The smallest absolute Gasteiger partial charge is 0.277 e. The molecule has 7 rings (SSSR count). The maximum atomic E-state index is 14.0. The second-order valence-electron chi connectivity index (χ2n) is 9.71. The predicted molar refractivity (Wildman–Crippen MR) is 134 cm³/mol. The summed E-state index contributed by atoms with van der Waals surface area (Å²) in [5, 5.41) is 4.57. The lowest BCUT2D eigenvalue weighted by atomic mass is 9.88. The molecule has 0 unspecified atom stereocenters. The summed E-state index contributed by atoms with van der Waals surface area (Å²) >= 11 is 0. The highest BCUT2D eigenvalue weighted by molar-refractivity contribution is 6.10. The van der Waals surface area contributed by atoms with Crippen molar-refractivity contribution in [3.05, 3.63) is 93.9 Å². The van der Waals surface area contributed by atoms with Crippen molar-refractivity contribution >= 4 is 17.5 Å². The molecule has 2 aromatic carbocycles. The van der Waals surface area contributed by atoms with Gasteiger partial charge in [-0.1, -0.05) is 0 Å². The highest BCUT2D eigenvalue weighted by Gasteiger charge is 2.56. The van der Waals surface area contributed by atoms with E-state index in [9.17, 15) is 14.4 Å². The predicted octanol–water partition coefficient (Wildman–Crippen LogP) is 2.14. The average molecular weight is 495 g/mol. The third-order valence-electron chi connectivity index (χ3n) is 7.49. The fourth-order valence-corrected chi connectivity index (χ4v) is 5.48. The van der Waals surface area contributed by atoms with Crippen molar-refractivity contribution in [1.29, 1.82) is 0 Å². The molecule has 0 saturated heterocycles. The molecular formula is C27H22N6O4. The maximum Gasteiger partial charge on any atom is 0.277 e. The molecule has 10 nitrogen and oxygen atoms in total. The zero-order chi connectivity index (χ0) is 25.3. The topological polar surface area (TPSA) is 125 Å². The van der Waals surface area contributed by atoms with E-state index in [-0.39, 0.29) is 22.6 Å². The largest absolute Gasteiger partial charge is 0.493 e. The van der Waals surface area contributed by atoms with Crippen LogP contribution in [0.5, 0.6) is 5.75 Å². The first-order valence-electron chi connectivity index (χ1n) is 12.1. The summed E-state index contributed by atoms with van der Waals surface area (Å²) in [6.45, 7) is 1.04. The first kappa shape index (κ1) is 21.5. The monoisotopic (exact) mass is 494 g/mol. The molecule has 2 aromatic heterocycles. The summed E-state index contributed by atoms with van der Waals surface area (Å²) in [5.74, 6) is -0.0721. The molecule has 0 radical (unpaired) electrons. The summed E-state index contributed by atoms with van der Waals surface area (Å²) < 4.78 is 8.68. The molecule has 37 heavy (non-hydrogen) atoms. The number of nitrogens with two attached hydrogens (primary N) is 1. The zero-order valence-corrected chi connectivity index (χ0v) is 19.8. The van der Waals surface area contributed by atoms with Crippen LogP contribution in [0.2, 0.25) is 0 Å². The van der Waals surface area contributed by atoms with E-state index in [1.165, 1.54) is 10.8 Å². The molecule has 4 aromatic rings. The van der Waals surface area contributed by atoms with Crippen LogP contribution in [0.25, 0.3) is 11.4 Å². The molecule has 0 bridgehead atoms. The SMILES string of the molecule is NC(=O)c1nn(-c2ccc3c(c2)CCO3)c2c1C1(CC1)CN(c1ccc(-n3ccncc3=O)cc1)C2=O. The lowest BCUT2D eigenvalue weighted by Crippen LogP contribution is -2.44. The van der Waals surface area contributed by atoms with E-state index in [2.05, 4.69) is 10.1 Å². The molecular weight excluding hydrogens is 472 g/mol. The van der Waals surface area contributed by atoms with Crippen molar-refractivity contribution in [1.82, 2.24) is 19.3 Å². The van der Waals surface area contributed by atoms with Crippen molar-refractivity contribution in [3.63, 3.8) is 0 Å². The van der Waals surface area contributed by atoms with Gasteiger partial charge in [0.2, 0.25) is 0 Å². The minimum Gasteiger partial charge on any atom is -0.493 e. The van der Waals surface area contributed by atoms with Gasteiger partial charge in [-0.3, -0.25) is 23.9 Å². The Bertz CT molecular complexity index is 1670. The minimum absolute atomic E-state index is 0.157. The minimum atomic E-state index is -0.640. The Morgan fingerprint density at radius 2 is 1.78 bits per heavy atom. The first-order chi connectivity index (χ1) is 17.9. The van der Waals surface area contributed by atoms with Crippen LogP contribution >= 0.6 is 0 Å². The van der Waals surface area contributed by atoms with E-state index < -0.39 is 5.91 Å². The molecule has 4 heterocycles. The number of carbonyl (C=O) groups excluding carboxylic acids is 2. The van der Waals surface area contributed by atoms with Crippen molar-refractivity contribution in [2.45, 2.75) is 24.7 Å². The van der Waals surface area contributed by atoms with Crippen molar-refractivity contribution < 1.29 is 14.3 Å². The lowest BCUT2D eigenvalue weighted by molar-refractivity contribution is 0.0966. The standard InChI is InChI=1S/C27H22N6O4/c28-25(35)23-22-24(33(30-23)19-5-6-20-16(13-19)7-12-37-20)26(36)32(15-27(22)8-9-27)18-3-1-17(2-4-18)31-11-10-29-14-21(31)34/h1-6,10-11,13-14H,7-9,12,15H2,(H2,28,35). The highest BCUT2D eigenvalue weighted by atomic mass is 16.5. The Kier molecular flexibility index (Phi) is 4.44. The molecule has 0 atom stereocenters. The summed E-state index contributed by atoms with van der Waals surface area (Å²) in [5.41, 5.74) is 9.40. The quantitative estimate of drug-likeness (QED) is 0.463. The third kappa shape index (κ3) is 3.22. The number of ether oxygens (including phenoxy) is 1. The third-order valence-corrected chi connectivity index (χ3v) is 7.49. The van der Waals surface area contributed by atoms with E-state index in [4.69, 9.17) is 10.5 Å². The van der Waals surface area contributed by atoms with Gasteiger partial charge in [0.15, 0.2) is 5.69 Å². The van der Waals surface area contributed by atoms with Gasteiger partial charge < -0.3 is 15.4 Å². The van der Waals surface area contributed by atoms with E-state index >= 15 is 0 Å². The van der Waals surface area contributed by atoms with Gasteiger partial charge in [-0.15, -0.1) is 0 Å². The Morgan fingerprint density at radius 1 is 1.03 bits per heavy atom. The first-order valence-corrected chi connectivity index (χ1v) is 12.1. The Balaban J connectivity index is 1.34. The van der Waals surface area contributed by atoms with Gasteiger partial charge in [0.05, 0.1) is 18.5 Å². The van der Waals surface area contributed by atoms with Crippen LogP contribution in [-0.2, 0) is 11.8 Å². The van der Waals surface area contributed by atoms with Crippen molar-refractivity contribution in [2.75, 3.05) is 18.1 Å². The molecule has 184 valence electrons. The Labute approximate surface area is 210 Å². The number of carbonyl (C=O) groups is 2. The van der Waals surface area contributed by atoms with Gasteiger partial charge in [0.1, 0.15) is 11.4 Å². The van der Waals surface area contributed by atoms with Crippen molar-refractivity contribution in [3.8, 4) is 17.1 Å². The van der Waals surface area contributed by atoms with Crippen LogP contribution in [0, 0.1) is 0 Å². The number of hydrogen-bond acceptors (Lipinski definition) is 6. The molecule has 2 aliphatic heterocycles. The van der Waals surface area contributed by atoms with Crippen LogP contribution in [0.15, 0.2) is 65.8 Å². The number of fused-ring (bicyclic) bond motifs is 3. The lowest BCUT2D eigenvalue weighted by Gasteiger charge is -2.33. The van der Waals surface area contributed by atoms with Gasteiger partial charge in [-0.2, -0.15) is 5.10 Å². The van der Waals surface area contributed by atoms with Crippen molar-refractivity contribution in [2.24, 2.45) is 5.73 Å². The Hall–Kier alpha value is -4.73. The number of amides is 2. The van der Waals surface area contributed by atoms with E-state index in [1.54, 1.807) is 34.1 Å². The summed E-state index contributed by atoms with van der Waals surface area (Å²) in [7, 11) is 0. The normalized spacial score (nSPS) is 16.9. The summed E-state index contributed by atoms with van der Waals surface area (Å²) in [6, 6.07) is 12.9. The number of aromatic nitrogens is 4. The second-order valence-corrected chi connectivity index (χ2v) is 9.71. The average Bonchev–Trinajstić information content (AvgIpc) is 3.32. The molecule has 10 heteroatoms. The fourth-order valence-electron chi connectivity index (χ4n) is 5.48. The molecule has 1 aliphatic carbocycles. The fraction of sp³-hybridized carbons (Fsp3) is 0.222. The van der Waals surface area contributed by atoms with Crippen LogP contribution in [0.4, 0.5) is 5.69 Å². The van der Waals surface area contributed by atoms with Gasteiger partial charge in [-0.25, -0.2) is 4.68 Å². The summed E-state index contributed by atoms with van der Waals surface area (Å²) in [6.07, 6.45) is 6.83. The highest BCUT2D eigenvalue weighted by Crippen LogP contribution is 2.54. The molecule has 1 fully saturated rings. The number of benzene rings is 2. The summed E-state index contributed by atoms with van der Waals surface area (Å²) in [4.78, 5) is 44.2. The number of hydrogen-bond donors (Lipinski definition) is 1.